The van der Waals surface area contributed by atoms with Gasteiger partial charge in [0, 0.05) is 17.4 Å². The van der Waals surface area contributed by atoms with E-state index in [4.69, 9.17) is 10.5 Å². The minimum atomic E-state index is 0.630. The van der Waals surface area contributed by atoms with Gasteiger partial charge in [0.15, 0.2) is 5.16 Å². The van der Waals surface area contributed by atoms with Crippen molar-refractivity contribution in [1.82, 2.24) is 9.55 Å². The lowest BCUT2D eigenvalue weighted by Gasteiger charge is -2.05. The summed E-state index contributed by atoms with van der Waals surface area (Å²) in [5.74, 6) is 0. The molecule has 0 N–H and O–H groups in total. The number of hydrogen-bond acceptors (Lipinski definition) is 4. The first-order valence-electron chi connectivity index (χ1n) is 6.89. The van der Waals surface area contributed by atoms with Crippen molar-refractivity contribution in [2.24, 2.45) is 0 Å². The molecule has 4 nitrogen and oxygen atoms in total. The summed E-state index contributed by atoms with van der Waals surface area (Å²) in [6.07, 6.45) is 3.94. The Labute approximate surface area is 138 Å². The van der Waals surface area contributed by atoms with Gasteiger partial charge >= 0.3 is 0 Å². The highest BCUT2D eigenvalue weighted by Gasteiger charge is 2.10. The van der Waals surface area contributed by atoms with Crippen LogP contribution in [0.15, 0.2) is 59.9 Å². The van der Waals surface area contributed by atoms with Crippen LogP contribution in [0.3, 0.4) is 0 Å². The summed E-state index contributed by atoms with van der Waals surface area (Å²) >= 11 is 1.56. The second kappa shape index (κ2) is 6.39. The van der Waals surface area contributed by atoms with Crippen molar-refractivity contribution >= 4 is 11.8 Å². The molecule has 1 aromatic heterocycles. The lowest BCUT2D eigenvalue weighted by Crippen LogP contribution is -1.94. The van der Waals surface area contributed by atoms with E-state index in [2.05, 4.69) is 17.1 Å². The third kappa shape index (κ3) is 2.96. The maximum absolute atomic E-state index is 8.90. The highest BCUT2D eigenvalue weighted by molar-refractivity contribution is 7.98. The van der Waals surface area contributed by atoms with E-state index in [1.165, 1.54) is 0 Å². The largest absolute Gasteiger partial charge is 0.294 e. The van der Waals surface area contributed by atoms with E-state index in [1.54, 1.807) is 36.0 Å². The van der Waals surface area contributed by atoms with E-state index in [0.29, 0.717) is 11.1 Å². The van der Waals surface area contributed by atoms with Crippen LogP contribution in [0.1, 0.15) is 11.1 Å². The zero-order valence-electron chi connectivity index (χ0n) is 12.4. The van der Waals surface area contributed by atoms with Crippen LogP contribution in [-0.2, 0) is 0 Å². The molecule has 110 valence electrons. The van der Waals surface area contributed by atoms with Gasteiger partial charge in [-0.1, -0.05) is 23.9 Å². The van der Waals surface area contributed by atoms with E-state index < -0.39 is 0 Å². The fourth-order valence-corrected chi connectivity index (χ4v) is 2.79. The summed E-state index contributed by atoms with van der Waals surface area (Å²) in [4.78, 5) is 4.65. The number of benzene rings is 2. The zero-order chi connectivity index (χ0) is 16.2. The van der Waals surface area contributed by atoms with Crippen molar-refractivity contribution in [2.75, 3.05) is 6.26 Å². The molecular formula is C18H12N4S. The van der Waals surface area contributed by atoms with Crippen molar-refractivity contribution in [1.29, 1.82) is 10.5 Å². The number of aromatic nitrogens is 2. The van der Waals surface area contributed by atoms with Crippen molar-refractivity contribution in [2.45, 2.75) is 5.16 Å². The molecule has 0 aliphatic heterocycles. The second-order valence-electron chi connectivity index (χ2n) is 4.83. The van der Waals surface area contributed by atoms with Gasteiger partial charge in [-0.15, -0.1) is 0 Å². The van der Waals surface area contributed by atoms with Crippen LogP contribution in [0.25, 0.3) is 16.9 Å². The molecule has 0 unspecified atom stereocenters. The molecule has 0 spiro atoms. The van der Waals surface area contributed by atoms with Gasteiger partial charge in [-0.2, -0.15) is 10.5 Å². The molecule has 0 saturated heterocycles. The molecule has 0 bridgehead atoms. The third-order valence-corrected chi connectivity index (χ3v) is 4.09. The van der Waals surface area contributed by atoms with Crippen molar-refractivity contribution in [3.8, 4) is 29.1 Å². The number of hydrogen-bond donors (Lipinski definition) is 0. The predicted molar refractivity (Wildman–Crippen MR) is 90.2 cm³/mol. The number of thioether (sulfide) groups is 1. The smallest absolute Gasteiger partial charge is 0.172 e. The Morgan fingerprint density at radius 3 is 2.00 bits per heavy atom. The SMILES string of the molecule is CSc1nc(-c2ccc(C#N)cc2)cn1-c1ccc(C#N)cc1. The Morgan fingerprint density at radius 2 is 1.48 bits per heavy atom. The minimum absolute atomic E-state index is 0.630. The van der Waals surface area contributed by atoms with Crippen LogP contribution in [0, 0.1) is 22.7 Å². The monoisotopic (exact) mass is 316 g/mol. The first-order valence-corrected chi connectivity index (χ1v) is 8.12. The zero-order valence-corrected chi connectivity index (χ0v) is 13.2. The van der Waals surface area contributed by atoms with Crippen molar-refractivity contribution < 1.29 is 0 Å². The predicted octanol–water partition coefficient (Wildman–Crippen LogP) is 4.00. The Balaban J connectivity index is 2.03. The topological polar surface area (TPSA) is 65.4 Å². The Morgan fingerprint density at radius 1 is 0.913 bits per heavy atom. The molecule has 0 fully saturated rings. The summed E-state index contributed by atoms with van der Waals surface area (Å²) in [7, 11) is 0. The highest BCUT2D eigenvalue weighted by atomic mass is 32.2. The number of nitriles is 2. The lowest BCUT2D eigenvalue weighted by atomic mass is 10.1. The highest BCUT2D eigenvalue weighted by Crippen LogP contribution is 2.26. The Kier molecular flexibility index (Phi) is 4.14. The van der Waals surface area contributed by atoms with E-state index in [-0.39, 0.29) is 0 Å². The molecule has 0 radical (unpaired) electrons. The quantitative estimate of drug-likeness (QED) is 0.685. The molecule has 3 rings (SSSR count). The first kappa shape index (κ1) is 14.9. The molecule has 1 heterocycles. The molecule has 5 heteroatoms. The summed E-state index contributed by atoms with van der Waals surface area (Å²) in [6, 6.07) is 19.0. The van der Waals surface area contributed by atoms with Crippen LogP contribution in [0.2, 0.25) is 0 Å². The molecule has 0 amide bonds. The number of nitrogens with zero attached hydrogens (tertiary/aromatic N) is 4. The van der Waals surface area contributed by atoms with Crippen LogP contribution in [0.4, 0.5) is 0 Å². The summed E-state index contributed by atoms with van der Waals surface area (Å²) in [6.45, 7) is 0. The number of rotatable bonds is 3. The van der Waals surface area contributed by atoms with Crippen molar-refractivity contribution in [3.05, 3.63) is 65.9 Å². The van der Waals surface area contributed by atoms with Crippen LogP contribution in [-0.4, -0.2) is 15.8 Å². The van der Waals surface area contributed by atoms with Gasteiger partial charge in [-0.25, -0.2) is 4.98 Å². The molecular weight excluding hydrogens is 304 g/mol. The number of imidazole rings is 1. The first-order chi connectivity index (χ1) is 11.2. The van der Waals surface area contributed by atoms with Gasteiger partial charge < -0.3 is 0 Å². The second-order valence-corrected chi connectivity index (χ2v) is 5.60. The molecule has 23 heavy (non-hydrogen) atoms. The normalized spacial score (nSPS) is 10.0. The molecule has 0 atom stereocenters. The van der Waals surface area contributed by atoms with Crippen LogP contribution >= 0.6 is 11.8 Å². The minimum Gasteiger partial charge on any atom is -0.294 e. The Bertz CT molecular complexity index is 910. The summed E-state index contributed by atoms with van der Waals surface area (Å²) < 4.78 is 2.00. The van der Waals surface area contributed by atoms with Crippen LogP contribution in [0.5, 0.6) is 0 Å². The lowest BCUT2D eigenvalue weighted by molar-refractivity contribution is 0.898. The maximum atomic E-state index is 8.90. The van der Waals surface area contributed by atoms with Gasteiger partial charge in [0.25, 0.3) is 0 Å². The van der Waals surface area contributed by atoms with Gasteiger partial charge in [-0.05, 0) is 42.7 Å². The fourth-order valence-electron chi connectivity index (χ4n) is 2.24. The molecule has 0 aliphatic rings. The summed E-state index contributed by atoms with van der Waals surface area (Å²) in [5, 5.41) is 18.6. The average Bonchev–Trinajstić information content (AvgIpc) is 3.06. The van der Waals surface area contributed by atoms with Gasteiger partial charge in [-0.3, -0.25) is 4.57 Å². The van der Waals surface area contributed by atoms with Gasteiger partial charge in [0.2, 0.25) is 0 Å². The molecule has 3 aromatic rings. The molecule has 0 saturated carbocycles. The maximum Gasteiger partial charge on any atom is 0.172 e. The van der Waals surface area contributed by atoms with Crippen molar-refractivity contribution in [3.63, 3.8) is 0 Å². The summed E-state index contributed by atoms with van der Waals surface area (Å²) in [5.41, 5.74) is 4.04. The van der Waals surface area contributed by atoms with E-state index >= 15 is 0 Å². The van der Waals surface area contributed by atoms with Gasteiger partial charge in [0.1, 0.15) is 0 Å². The third-order valence-electron chi connectivity index (χ3n) is 3.44. The fraction of sp³-hybridized carbons (Fsp3) is 0.0556. The van der Waals surface area contributed by atoms with E-state index in [9.17, 15) is 0 Å². The molecule has 2 aromatic carbocycles. The molecule has 0 aliphatic carbocycles. The average molecular weight is 316 g/mol. The van der Waals surface area contributed by atoms with E-state index in [0.717, 1.165) is 22.1 Å². The standard InChI is InChI=1S/C18H12N4S/c1-23-18-21-17(15-6-2-13(10-19)3-7-15)12-22(18)16-8-4-14(11-20)5-9-16/h2-9,12H,1H3. The Hall–Kier alpha value is -3.02. The van der Waals surface area contributed by atoms with Gasteiger partial charge in [0.05, 0.1) is 29.0 Å². The van der Waals surface area contributed by atoms with Crippen LogP contribution < -0.4 is 0 Å². The van der Waals surface area contributed by atoms with E-state index in [1.807, 2.05) is 41.3 Å².